The summed E-state index contributed by atoms with van der Waals surface area (Å²) in [6.45, 7) is 0. The number of para-hydroxylation sites is 1. The van der Waals surface area contributed by atoms with Crippen LogP contribution in [0.5, 0.6) is 0 Å². The number of fused-ring (bicyclic) bond motifs is 1. The maximum atomic E-state index is 9.27. The van der Waals surface area contributed by atoms with Gasteiger partial charge in [-0.15, -0.1) is 11.3 Å². The highest BCUT2D eigenvalue weighted by Crippen LogP contribution is 2.26. The molecule has 1 aromatic carbocycles. The summed E-state index contributed by atoms with van der Waals surface area (Å²) in [5.41, 5.74) is 1.41. The van der Waals surface area contributed by atoms with E-state index in [1.54, 1.807) is 12.4 Å². The van der Waals surface area contributed by atoms with Crippen molar-refractivity contribution in [2.45, 2.75) is 0 Å². The Kier molecular flexibility index (Phi) is 3.40. The lowest BCUT2D eigenvalue weighted by molar-refractivity contribution is 1.31. The molecule has 0 fully saturated rings. The zero-order chi connectivity index (χ0) is 13.8. The molecule has 0 aliphatic rings. The molecule has 96 valence electrons. The molecule has 0 aliphatic carbocycles. The van der Waals surface area contributed by atoms with Crippen LogP contribution in [0.25, 0.3) is 15.8 Å². The summed E-state index contributed by atoms with van der Waals surface area (Å²) < 4.78 is 1.07. The molecule has 5 heteroatoms. The van der Waals surface area contributed by atoms with Gasteiger partial charge in [0.25, 0.3) is 0 Å². The molecule has 3 aromatic rings. The Morgan fingerprint density at radius 1 is 1.20 bits per heavy atom. The number of hydrogen-bond donors (Lipinski definition) is 1. The molecule has 3 rings (SSSR count). The zero-order valence-electron chi connectivity index (χ0n) is 10.4. The van der Waals surface area contributed by atoms with Crippen molar-refractivity contribution in [3.63, 3.8) is 0 Å². The number of nitrogens with zero attached hydrogens (tertiary/aromatic N) is 3. The number of hydrogen-bond acceptors (Lipinski definition) is 5. The van der Waals surface area contributed by atoms with Crippen LogP contribution in [-0.4, -0.2) is 9.97 Å². The topological polar surface area (TPSA) is 61.6 Å². The van der Waals surface area contributed by atoms with E-state index in [0.29, 0.717) is 16.4 Å². The summed E-state index contributed by atoms with van der Waals surface area (Å²) in [5.74, 6) is 0.696. The van der Waals surface area contributed by atoms with Gasteiger partial charge in [-0.3, -0.25) is 0 Å². The van der Waals surface area contributed by atoms with Crippen molar-refractivity contribution in [3.8, 4) is 6.07 Å². The highest BCUT2D eigenvalue weighted by Gasteiger charge is 2.08. The fraction of sp³-hybridized carbons (Fsp3) is 0. The van der Waals surface area contributed by atoms with Crippen molar-refractivity contribution in [1.29, 1.82) is 5.26 Å². The number of allylic oxidation sites excluding steroid dienone is 1. The summed E-state index contributed by atoms with van der Waals surface area (Å²) in [6, 6.07) is 15.6. The van der Waals surface area contributed by atoms with Crippen LogP contribution in [0.2, 0.25) is 0 Å². The largest absolute Gasteiger partial charge is 0.345 e. The van der Waals surface area contributed by atoms with Crippen molar-refractivity contribution < 1.29 is 0 Å². The van der Waals surface area contributed by atoms with E-state index in [1.807, 2.05) is 42.5 Å². The van der Waals surface area contributed by atoms with Gasteiger partial charge in [0.2, 0.25) is 0 Å². The van der Waals surface area contributed by atoms with Gasteiger partial charge in [-0.1, -0.05) is 18.2 Å². The SMILES string of the molecule is N#CC(=CNc1ccccn1)c1nc2ccccc2s1. The van der Waals surface area contributed by atoms with Gasteiger partial charge in [0.05, 0.1) is 10.2 Å². The van der Waals surface area contributed by atoms with E-state index in [-0.39, 0.29) is 0 Å². The summed E-state index contributed by atoms with van der Waals surface area (Å²) in [6.07, 6.45) is 3.33. The van der Waals surface area contributed by atoms with E-state index in [0.717, 1.165) is 10.2 Å². The Morgan fingerprint density at radius 2 is 2.05 bits per heavy atom. The Morgan fingerprint density at radius 3 is 2.80 bits per heavy atom. The highest BCUT2D eigenvalue weighted by molar-refractivity contribution is 7.19. The Hall–Kier alpha value is -2.71. The van der Waals surface area contributed by atoms with Crippen LogP contribution in [0.15, 0.2) is 54.9 Å². The molecule has 0 atom stereocenters. The highest BCUT2D eigenvalue weighted by atomic mass is 32.1. The van der Waals surface area contributed by atoms with E-state index in [2.05, 4.69) is 21.4 Å². The number of nitrogens with one attached hydrogen (secondary N) is 1. The van der Waals surface area contributed by atoms with E-state index in [4.69, 9.17) is 0 Å². The standard InChI is InChI=1S/C15H10N4S/c16-9-11(10-18-14-7-3-4-8-17-14)15-19-12-5-1-2-6-13(12)20-15/h1-8,10H,(H,17,18). The molecule has 0 unspecified atom stereocenters. The number of benzene rings is 1. The second-order valence-corrected chi connectivity index (χ2v) is 5.05. The molecule has 0 aliphatic heterocycles. The molecule has 0 saturated heterocycles. The van der Waals surface area contributed by atoms with Crippen LogP contribution in [0.4, 0.5) is 5.82 Å². The summed E-state index contributed by atoms with van der Waals surface area (Å²) in [4.78, 5) is 8.60. The smallest absolute Gasteiger partial charge is 0.136 e. The first kappa shape index (κ1) is 12.3. The Balaban J connectivity index is 1.91. The lowest BCUT2D eigenvalue weighted by Gasteiger charge is -1.98. The third-order valence-corrected chi connectivity index (χ3v) is 3.74. The molecule has 2 aromatic heterocycles. The average molecular weight is 278 g/mol. The zero-order valence-corrected chi connectivity index (χ0v) is 11.3. The molecule has 20 heavy (non-hydrogen) atoms. The molecular formula is C15H10N4S. The lowest BCUT2D eigenvalue weighted by atomic mass is 10.3. The number of nitriles is 1. The van der Waals surface area contributed by atoms with Gasteiger partial charge in [-0.25, -0.2) is 9.97 Å². The first-order valence-corrected chi connectivity index (χ1v) is 6.82. The number of thiazole rings is 1. The van der Waals surface area contributed by atoms with E-state index in [9.17, 15) is 5.26 Å². The quantitative estimate of drug-likeness (QED) is 0.742. The Bertz CT molecular complexity index is 766. The van der Waals surface area contributed by atoms with Gasteiger partial charge in [-0.05, 0) is 24.3 Å². The third kappa shape index (κ3) is 2.51. The fourth-order valence-corrected chi connectivity index (χ4v) is 2.66. The second kappa shape index (κ2) is 5.51. The van der Waals surface area contributed by atoms with Crippen molar-refractivity contribution in [2.75, 3.05) is 5.32 Å². The van der Waals surface area contributed by atoms with Crippen molar-refractivity contribution in [1.82, 2.24) is 9.97 Å². The number of anilines is 1. The van der Waals surface area contributed by atoms with Gasteiger partial charge >= 0.3 is 0 Å². The normalized spacial score (nSPS) is 11.2. The number of rotatable bonds is 3. The average Bonchev–Trinajstić information content (AvgIpc) is 2.92. The summed E-state index contributed by atoms with van der Waals surface area (Å²) in [7, 11) is 0. The van der Waals surface area contributed by atoms with Gasteiger partial charge < -0.3 is 5.32 Å². The first-order valence-electron chi connectivity index (χ1n) is 6.00. The molecule has 0 bridgehead atoms. The first-order chi connectivity index (χ1) is 9.86. The molecule has 0 radical (unpaired) electrons. The molecule has 1 N–H and O–H groups in total. The van der Waals surface area contributed by atoms with Crippen LogP contribution in [0.3, 0.4) is 0 Å². The van der Waals surface area contributed by atoms with Crippen LogP contribution in [-0.2, 0) is 0 Å². The summed E-state index contributed by atoms with van der Waals surface area (Å²) in [5, 5.41) is 13.0. The van der Waals surface area contributed by atoms with Crippen LogP contribution >= 0.6 is 11.3 Å². The summed E-state index contributed by atoms with van der Waals surface area (Å²) >= 11 is 1.50. The maximum Gasteiger partial charge on any atom is 0.136 e. The van der Waals surface area contributed by atoms with Crippen LogP contribution in [0.1, 0.15) is 5.01 Å². The van der Waals surface area contributed by atoms with Crippen molar-refractivity contribution >= 4 is 32.9 Å². The number of aromatic nitrogens is 2. The van der Waals surface area contributed by atoms with Crippen LogP contribution < -0.4 is 5.32 Å². The lowest BCUT2D eigenvalue weighted by Crippen LogP contribution is -1.92. The van der Waals surface area contributed by atoms with E-state index >= 15 is 0 Å². The van der Waals surface area contributed by atoms with E-state index in [1.165, 1.54) is 11.3 Å². The fourth-order valence-electron chi connectivity index (χ4n) is 1.72. The monoisotopic (exact) mass is 278 g/mol. The minimum absolute atomic E-state index is 0.497. The predicted octanol–water partition coefficient (Wildman–Crippen LogP) is 3.67. The van der Waals surface area contributed by atoms with Gasteiger partial charge in [0.15, 0.2) is 0 Å². The third-order valence-electron chi connectivity index (χ3n) is 2.67. The predicted molar refractivity (Wildman–Crippen MR) is 81.1 cm³/mol. The van der Waals surface area contributed by atoms with E-state index < -0.39 is 0 Å². The van der Waals surface area contributed by atoms with Crippen LogP contribution in [0, 0.1) is 11.3 Å². The molecule has 0 spiro atoms. The van der Waals surface area contributed by atoms with Crippen molar-refractivity contribution in [3.05, 3.63) is 59.9 Å². The van der Waals surface area contributed by atoms with Gasteiger partial charge in [-0.2, -0.15) is 5.26 Å². The molecule has 2 heterocycles. The van der Waals surface area contributed by atoms with Gasteiger partial charge in [0.1, 0.15) is 22.5 Å². The molecule has 0 amide bonds. The molecule has 4 nitrogen and oxygen atoms in total. The second-order valence-electron chi connectivity index (χ2n) is 4.02. The minimum atomic E-state index is 0.497. The van der Waals surface area contributed by atoms with Gasteiger partial charge in [0, 0.05) is 12.4 Å². The molecular weight excluding hydrogens is 268 g/mol. The Labute approximate surface area is 120 Å². The molecule has 0 saturated carbocycles. The maximum absolute atomic E-state index is 9.27. The van der Waals surface area contributed by atoms with Crippen molar-refractivity contribution in [2.24, 2.45) is 0 Å². The minimum Gasteiger partial charge on any atom is -0.345 e. The number of pyridine rings is 1.